The molecule has 1 aromatic heterocycles. The molecule has 1 aliphatic heterocycles. The van der Waals surface area contributed by atoms with Crippen LogP contribution in [-0.4, -0.2) is 40.3 Å². The van der Waals surface area contributed by atoms with Crippen molar-refractivity contribution in [2.75, 3.05) is 13.2 Å². The van der Waals surface area contributed by atoms with Gasteiger partial charge in [-0.25, -0.2) is 0 Å². The predicted molar refractivity (Wildman–Crippen MR) is 110 cm³/mol. The van der Waals surface area contributed by atoms with E-state index in [-0.39, 0.29) is 17.7 Å². The maximum absolute atomic E-state index is 10.7. The smallest absolute Gasteiger partial charge is 0.161 e. The van der Waals surface area contributed by atoms with Crippen LogP contribution in [-0.2, 0) is 6.61 Å². The molecule has 1 unspecified atom stereocenters. The Hall–Kier alpha value is -1.98. The van der Waals surface area contributed by atoms with Crippen molar-refractivity contribution in [3.05, 3.63) is 48.4 Å². The van der Waals surface area contributed by atoms with Crippen molar-refractivity contribution in [1.82, 2.24) is 4.90 Å². The standard InChI is InChI=1S/C23H33NO4/c1-22(2)12-8-13-23(3,4)24(22)15-18(25)16-27-20-10-5-6-11-21(20)28-17-19-9-7-14-26-19/h5-7,9-11,14,18,25H,8,12-13,15-17H2,1-4H3. The van der Waals surface area contributed by atoms with Gasteiger partial charge >= 0.3 is 0 Å². The molecule has 1 aromatic carbocycles. The van der Waals surface area contributed by atoms with Crippen LogP contribution in [0.5, 0.6) is 11.5 Å². The maximum atomic E-state index is 10.7. The number of piperidine rings is 1. The number of β-amino-alcohol motifs (C(OH)–C–C–N with tert-alkyl or cyclic N) is 1. The minimum atomic E-state index is -0.574. The molecule has 3 rings (SSSR count). The van der Waals surface area contributed by atoms with Crippen LogP contribution < -0.4 is 9.47 Å². The third-order valence-corrected chi connectivity index (χ3v) is 5.66. The van der Waals surface area contributed by atoms with Crippen LogP contribution in [0, 0.1) is 0 Å². The van der Waals surface area contributed by atoms with Gasteiger partial charge < -0.3 is 19.0 Å². The van der Waals surface area contributed by atoms with Crippen molar-refractivity contribution in [3.63, 3.8) is 0 Å². The molecule has 1 atom stereocenters. The molecule has 0 bridgehead atoms. The second-order valence-electron chi connectivity index (χ2n) is 8.87. The second-order valence-corrected chi connectivity index (χ2v) is 8.87. The normalized spacial score (nSPS) is 19.9. The summed E-state index contributed by atoms with van der Waals surface area (Å²) in [5, 5.41) is 10.7. The average molecular weight is 388 g/mol. The lowest BCUT2D eigenvalue weighted by molar-refractivity contribution is -0.0608. The first kappa shape index (κ1) is 20.7. The molecule has 2 aromatic rings. The Morgan fingerprint density at radius 3 is 2.25 bits per heavy atom. The van der Waals surface area contributed by atoms with Gasteiger partial charge in [-0.2, -0.15) is 0 Å². The van der Waals surface area contributed by atoms with Crippen LogP contribution in [0.4, 0.5) is 0 Å². The highest BCUT2D eigenvalue weighted by atomic mass is 16.5. The van der Waals surface area contributed by atoms with E-state index in [2.05, 4.69) is 32.6 Å². The summed E-state index contributed by atoms with van der Waals surface area (Å²) >= 11 is 0. The molecule has 1 saturated heterocycles. The maximum Gasteiger partial charge on any atom is 0.161 e. The number of aliphatic hydroxyl groups is 1. The highest BCUT2D eigenvalue weighted by Gasteiger charge is 2.41. The van der Waals surface area contributed by atoms with E-state index in [9.17, 15) is 5.11 Å². The molecule has 5 heteroatoms. The SMILES string of the molecule is CC1(C)CCCC(C)(C)N1CC(O)COc1ccccc1OCc1ccco1. The fourth-order valence-corrected chi connectivity index (χ4v) is 4.22. The summed E-state index contributed by atoms with van der Waals surface area (Å²) in [4.78, 5) is 2.43. The van der Waals surface area contributed by atoms with E-state index < -0.39 is 6.10 Å². The van der Waals surface area contributed by atoms with Crippen molar-refractivity contribution >= 4 is 0 Å². The van der Waals surface area contributed by atoms with Gasteiger partial charge in [0.1, 0.15) is 25.1 Å². The summed E-state index contributed by atoms with van der Waals surface area (Å²) in [5.74, 6) is 2.03. The molecule has 154 valence electrons. The first-order chi connectivity index (χ1) is 13.3. The van der Waals surface area contributed by atoms with Gasteiger partial charge in [-0.3, -0.25) is 4.90 Å². The number of benzene rings is 1. The minimum Gasteiger partial charge on any atom is -0.487 e. The zero-order chi connectivity index (χ0) is 20.2. The Labute approximate surface area is 168 Å². The Morgan fingerprint density at radius 1 is 1.00 bits per heavy atom. The molecule has 1 fully saturated rings. The lowest BCUT2D eigenvalue weighted by atomic mass is 9.79. The van der Waals surface area contributed by atoms with Gasteiger partial charge in [-0.05, 0) is 71.2 Å². The zero-order valence-electron chi connectivity index (χ0n) is 17.5. The van der Waals surface area contributed by atoms with Gasteiger partial charge in [0.2, 0.25) is 0 Å². The molecule has 2 heterocycles. The molecule has 0 radical (unpaired) electrons. The number of nitrogens with zero attached hydrogens (tertiary/aromatic N) is 1. The molecule has 28 heavy (non-hydrogen) atoms. The monoisotopic (exact) mass is 387 g/mol. The molecule has 1 aliphatic rings. The van der Waals surface area contributed by atoms with E-state index >= 15 is 0 Å². The third kappa shape index (κ3) is 5.09. The molecule has 0 aliphatic carbocycles. The van der Waals surface area contributed by atoms with Crippen LogP contribution in [0.25, 0.3) is 0 Å². The summed E-state index contributed by atoms with van der Waals surface area (Å²) in [6.45, 7) is 10.2. The number of aliphatic hydroxyl groups excluding tert-OH is 1. The lowest BCUT2D eigenvalue weighted by Gasteiger charge is -2.53. The highest BCUT2D eigenvalue weighted by Crippen LogP contribution is 2.38. The van der Waals surface area contributed by atoms with Crippen LogP contribution in [0.15, 0.2) is 47.1 Å². The molecule has 1 N–H and O–H groups in total. The van der Waals surface area contributed by atoms with Crippen LogP contribution in [0.2, 0.25) is 0 Å². The summed E-state index contributed by atoms with van der Waals surface area (Å²) in [6, 6.07) is 11.2. The topological polar surface area (TPSA) is 55.1 Å². The highest BCUT2D eigenvalue weighted by molar-refractivity contribution is 5.39. The molecule has 5 nitrogen and oxygen atoms in total. The van der Waals surface area contributed by atoms with E-state index in [0.29, 0.717) is 24.7 Å². The van der Waals surface area contributed by atoms with Crippen molar-refractivity contribution in [1.29, 1.82) is 0 Å². The largest absolute Gasteiger partial charge is 0.487 e. The number of para-hydroxylation sites is 2. The first-order valence-electron chi connectivity index (χ1n) is 10.1. The van der Waals surface area contributed by atoms with Crippen molar-refractivity contribution in [3.8, 4) is 11.5 Å². The Bertz CT molecular complexity index is 723. The van der Waals surface area contributed by atoms with Crippen LogP contribution in [0.3, 0.4) is 0 Å². The summed E-state index contributed by atoms with van der Waals surface area (Å²) < 4.78 is 17.0. The lowest BCUT2D eigenvalue weighted by Crippen LogP contribution is -2.60. The Balaban J connectivity index is 1.58. The van der Waals surface area contributed by atoms with E-state index in [0.717, 1.165) is 18.6 Å². The van der Waals surface area contributed by atoms with Crippen molar-refractivity contribution in [2.45, 2.75) is 70.7 Å². The number of furan rings is 1. The van der Waals surface area contributed by atoms with E-state index in [1.807, 2.05) is 36.4 Å². The van der Waals surface area contributed by atoms with Gasteiger partial charge in [-0.15, -0.1) is 0 Å². The average Bonchev–Trinajstić information content (AvgIpc) is 3.15. The van der Waals surface area contributed by atoms with Gasteiger partial charge in [0, 0.05) is 17.6 Å². The zero-order valence-corrected chi connectivity index (χ0v) is 17.5. The number of hydrogen-bond donors (Lipinski definition) is 1. The van der Waals surface area contributed by atoms with Gasteiger partial charge in [0.05, 0.1) is 6.26 Å². The van der Waals surface area contributed by atoms with Gasteiger partial charge in [0.25, 0.3) is 0 Å². The number of rotatable bonds is 8. The molecule has 0 amide bonds. The number of likely N-dealkylation sites (tertiary alicyclic amines) is 1. The number of ether oxygens (including phenoxy) is 2. The van der Waals surface area contributed by atoms with Crippen LogP contribution >= 0.6 is 0 Å². The van der Waals surface area contributed by atoms with Crippen molar-refractivity contribution < 1.29 is 19.0 Å². The summed E-state index contributed by atoms with van der Waals surface area (Å²) in [7, 11) is 0. The molecular formula is C23H33NO4. The molecular weight excluding hydrogens is 354 g/mol. The Morgan fingerprint density at radius 2 is 1.64 bits per heavy atom. The van der Waals surface area contributed by atoms with Crippen LogP contribution in [0.1, 0.15) is 52.7 Å². The minimum absolute atomic E-state index is 0.0762. The Kier molecular flexibility index (Phi) is 6.36. The summed E-state index contributed by atoms with van der Waals surface area (Å²) in [5.41, 5.74) is 0.152. The molecule has 0 saturated carbocycles. The number of hydrogen-bond acceptors (Lipinski definition) is 5. The fraction of sp³-hybridized carbons (Fsp3) is 0.565. The third-order valence-electron chi connectivity index (χ3n) is 5.66. The van der Waals surface area contributed by atoms with Crippen molar-refractivity contribution in [2.24, 2.45) is 0 Å². The van der Waals surface area contributed by atoms with E-state index in [1.165, 1.54) is 6.42 Å². The predicted octanol–water partition coefficient (Wildman–Crippen LogP) is 4.64. The van der Waals surface area contributed by atoms with E-state index in [1.54, 1.807) is 6.26 Å². The quantitative estimate of drug-likeness (QED) is 0.715. The summed E-state index contributed by atoms with van der Waals surface area (Å²) in [6.07, 6.45) is 4.57. The van der Waals surface area contributed by atoms with E-state index in [4.69, 9.17) is 13.9 Å². The van der Waals surface area contributed by atoms with Gasteiger partial charge in [0.15, 0.2) is 11.5 Å². The van der Waals surface area contributed by atoms with Gasteiger partial charge in [-0.1, -0.05) is 12.1 Å². The second kappa shape index (κ2) is 8.58. The fourth-order valence-electron chi connectivity index (χ4n) is 4.22. The molecule has 0 spiro atoms. The first-order valence-corrected chi connectivity index (χ1v) is 10.1.